The molecule has 1 heterocycles. The fourth-order valence-electron chi connectivity index (χ4n) is 2.62. The fraction of sp³-hybridized carbons (Fsp3) is 0.533. The molecular formula is C15H21FN2O. The first-order valence-electron chi connectivity index (χ1n) is 6.90. The van der Waals surface area contributed by atoms with Gasteiger partial charge in [0.1, 0.15) is 5.82 Å². The molecule has 2 N–H and O–H groups in total. The Kier molecular flexibility index (Phi) is 4.53. The molecule has 2 rings (SSSR count). The van der Waals surface area contributed by atoms with Crippen LogP contribution in [0.3, 0.4) is 0 Å². The fourth-order valence-corrected chi connectivity index (χ4v) is 2.62. The standard InChI is InChI=1S/C15H21FN2O/c1-2-15(7-9-17-10-8-15)14(19)18-11-12-3-5-13(16)6-4-12/h3-6,17H,2,7-11H2,1H3,(H,18,19). The predicted octanol–water partition coefficient (Wildman–Crippen LogP) is 2.22. The van der Waals surface area contributed by atoms with E-state index in [1.807, 2.05) is 0 Å². The maximum Gasteiger partial charge on any atom is 0.226 e. The Morgan fingerprint density at radius 3 is 2.53 bits per heavy atom. The number of rotatable bonds is 4. The second-order valence-electron chi connectivity index (χ2n) is 5.19. The molecule has 0 aliphatic carbocycles. The summed E-state index contributed by atoms with van der Waals surface area (Å²) in [4.78, 5) is 12.4. The van der Waals surface area contributed by atoms with Crippen molar-refractivity contribution in [1.82, 2.24) is 10.6 Å². The summed E-state index contributed by atoms with van der Waals surface area (Å²) >= 11 is 0. The van der Waals surface area contributed by atoms with Crippen LogP contribution >= 0.6 is 0 Å². The molecule has 0 saturated carbocycles. The number of piperidine rings is 1. The van der Waals surface area contributed by atoms with E-state index in [-0.39, 0.29) is 17.1 Å². The van der Waals surface area contributed by atoms with Crippen LogP contribution in [0.4, 0.5) is 4.39 Å². The van der Waals surface area contributed by atoms with Crippen LogP contribution in [0.25, 0.3) is 0 Å². The molecule has 1 fully saturated rings. The van der Waals surface area contributed by atoms with Crippen molar-refractivity contribution >= 4 is 5.91 Å². The van der Waals surface area contributed by atoms with Gasteiger partial charge in [-0.1, -0.05) is 19.1 Å². The van der Waals surface area contributed by atoms with Crippen LogP contribution < -0.4 is 10.6 Å². The molecule has 1 amide bonds. The molecule has 0 radical (unpaired) electrons. The van der Waals surface area contributed by atoms with Gasteiger partial charge in [-0.2, -0.15) is 0 Å². The van der Waals surface area contributed by atoms with Crippen LogP contribution in [0.1, 0.15) is 31.7 Å². The molecule has 0 aromatic heterocycles. The third kappa shape index (κ3) is 3.32. The zero-order valence-electron chi connectivity index (χ0n) is 11.3. The topological polar surface area (TPSA) is 41.1 Å². The van der Waals surface area contributed by atoms with Crippen LogP contribution in [0.15, 0.2) is 24.3 Å². The van der Waals surface area contributed by atoms with E-state index < -0.39 is 0 Å². The zero-order valence-corrected chi connectivity index (χ0v) is 11.3. The highest BCUT2D eigenvalue weighted by Crippen LogP contribution is 2.32. The highest BCUT2D eigenvalue weighted by atomic mass is 19.1. The maximum absolute atomic E-state index is 12.8. The molecule has 0 unspecified atom stereocenters. The third-order valence-electron chi connectivity index (χ3n) is 4.09. The molecule has 0 bridgehead atoms. The summed E-state index contributed by atoms with van der Waals surface area (Å²) in [5, 5.41) is 6.28. The van der Waals surface area contributed by atoms with Crippen molar-refractivity contribution in [2.24, 2.45) is 5.41 Å². The van der Waals surface area contributed by atoms with E-state index in [0.717, 1.165) is 37.9 Å². The second-order valence-corrected chi connectivity index (χ2v) is 5.19. The average molecular weight is 264 g/mol. The Balaban J connectivity index is 1.94. The SMILES string of the molecule is CCC1(C(=O)NCc2ccc(F)cc2)CCNCC1. The van der Waals surface area contributed by atoms with Crippen LogP contribution in [0, 0.1) is 11.2 Å². The number of amides is 1. The van der Waals surface area contributed by atoms with Crippen LogP contribution in [0.2, 0.25) is 0 Å². The van der Waals surface area contributed by atoms with Gasteiger partial charge in [0.15, 0.2) is 0 Å². The highest BCUT2D eigenvalue weighted by Gasteiger charge is 2.37. The minimum absolute atomic E-state index is 0.126. The predicted molar refractivity (Wildman–Crippen MR) is 73.1 cm³/mol. The molecule has 4 heteroatoms. The van der Waals surface area contributed by atoms with E-state index in [9.17, 15) is 9.18 Å². The molecule has 1 aromatic carbocycles. The van der Waals surface area contributed by atoms with Crippen molar-refractivity contribution in [3.8, 4) is 0 Å². The lowest BCUT2D eigenvalue weighted by Gasteiger charge is -2.35. The number of benzene rings is 1. The molecule has 104 valence electrons. The van der Waals surface area contributed by atoms with Gasteiger partial charge in [-0.15, -0.1) is 0 Å². The van der Waals surface area contributed by atoms with Gasteiger partial charge < -0.3 is 10.6 Å². The number of carbonyl (C=O) groups excluding carboxylic acids is 1. The Morgan fingerprint density at radius 2 is 1.95 bits per heavy atom. The van der Waals surface area contributed by atoms with E-state index in [0.29, 0.717) is 6.54 Å². The van der Waals surface area contributed by atoms with Crippen molar-refractivity contribution in [2.45, 2.75) is 32.7 Å². The van der Waals surface area contributed by atoms with E-state index >= 15 is 0 Å². The van der Waals surface area contributed by atoms with Crippen LogP contribution in [-0.4, -0.2) is 19.0 Å². The van der Waals surface area contributed by atoms with Crippen LogP contribution in [0.5, 0.6) is 0 Å². The number of hydrogen-bond acceptors (Lipinski definition) is 2. The molecule has 3 nitrogen and oxygen atoms in total. The number of carbonyl (C=O) groups is 1. The van der Waals surface area contributed by atoms with Crippen molar-refractivity contribution in [3.05, 3.63) is 35.6 Å². The molecule has 1 aliphatic heterocycles. The summed E-state index contributed by atoms with van der Waals surface area (Å²) in [6.07, 6.45) is 2.64. The van der Waals surface area contributed by atoms with Gasteiger partial charge in [-0.3, -0.25) is 4.79 Å². The van der Waals surface area contributed by atoms with E-state index in [1.165, 1.54) is 12.1 Å². The van der Waals surface area contributed by atoms with Gasteiger partial charge in [-0.25, -0.2) is 4.39 Å². The van der Waals surface area contributed by atoms with Gasteiger partial charge in [0.05, 0.1) is 5.41 Å². The molecule has 1 aliphatic rings. The van der Waals surface area contributed by atoms with Crippen LogP contribution in [-0.2, 0) is 11.3 Å². The average Bonchev–Trinajstić information content (AvgIpc) is 2.47. The van der Waals surface area contributed by atoms with E-state index in [4.69, 9.17) is 0 Å². The van der Waals surface area contributed by atoms with Crippen molar-refractivity contribution in [2.75, 3.05) is 13.1 Å². The Labute approximate surface area is 113 Å². The minimum Gasteiger partial charge on any atom is -0.352 e. The lowest BCUT2D eigenvalue weighted by Crippen LogP contribution is -2.47. The summed E-state index contributed by atoms with van der Waals surface area (Å²) in [5.74, 6) is -0.126. The Hall–Kier alpha value is -1.42. The molecule has 1 aromatic rings. The van der Waals surface area contributed by atoms with E-state index in [2.05, 4.69) is 17.6 Å². The van der Waals surface area contributed by atoms with Crippen molar-refractivity contribution in [3.63, 3.8) is 0 Å². The first kappa shape index (κ1) is 14.0. The quantitative estimate of drug-likeness (QED) is 0.875. The zero-order chi connectivity index (χ0) is 13.7. The van der Waals surface area contributed by atoms with Gasteiger partial charge in [0.2, 0.25) is 5.91 Å². The molecule has 1 saturated heterocycles. The Bertz CT molecular complexity index is 424. The minimum atomic E-state index is -0.251. The summed E-state index contributed by atoms with van der Waals surface area (Å²) in [6.45, 7) is 4.34. The van der Waals surface area contributed by atoms with Gasteiger partial charge in [0, 0.05) is 6.54 Å². The number of nitrogens with one attached hydrogen (secondary N) is 2. The molecule has 19 heavy (non-hydrogen) atoms. The van der Waals surface area contributed by atoms with Gasteiger partial charge in [-0.05, 0) is 50.0 Å². The maximum atomic E-state index is 12.8. The lowest BCUT2D eigenvalue weighted by atomic mass is 9.76. The lowest BCUT2D eigenvalue weighted by molar-refractivity contribution is -0.133. The molecule has 0 atom stereocenters. The summed E-state index contributed by atoms with van der Waals surface area (Å²) in [6, 6.07) is 6.25. The van der Waals surface area contributed by atoms with Crippen molar-refractivity contribution in [1.29, 1.82) is 0 Å². The Morgan fingerprint density at radius 1 is 1.32 bits per heavy atom. The third-order valence-corrected chi connectivity index (χ3v) is 4.09. The van der Waals surface area contributed by atoms with Gasteiger partial charge in [0.25, 0.3) is 0 Å². The monoisotopic (exact) mass is 264 g/mol. The second kappa shape index (κ2) is 6.15. The summed E-state index contributed by atoms with van der Waals surface area (Å²) in [7, 11) is 0. The molecular weight excluding hydrogens is 243 g/mol. The van der Waals surface area contributed by atoms with E-state index in [1.54, 1.807) is 12.1 Å². The number of halogens is 1. The summed E-state index contributed by atoms with van der Waals surface area (Å²) < 4.78 is 12.8. The van der Waals surface area contributed by atoms with Crippen molar-refractivity contribution < 1.29 is 9.18 Å². The largest absolute Gasteiger partial charge is 0.352 e. The smallest absolute Gasteiger partial charge is 0.226 e. The summed E-state index contributed by atoms with van der Waals surface area (Å²) in [5.41, 5.74) is 0.695. The normalized spacial score (nSPS) is 18.0. The van der Waals surface area contributed by atoms with Gasteiger partial charge >= 0.3 is 0 Å². The first-order chi connectivity index (χ1) is 9.16. The first-order valence-corrected chi connectivity index (χ1v) is 6.90. The highest BCUT2D eigenvalue weighted by molar-refractivity contribution is 5.82. The number of hydrogen-bond donors (Lipinski definition) is 2. The molecule has 0 spiro atoms.